The summed E-state index contributed by atoms with van der Waals surface area (Å²) in [5.74, 6) is -0.964. The number of imide groups is 1. The van der Waals surface area contributed by atoms with E-state index in [4.69, 9.17) is 4.84 Å². The van der Waals surface area contributed by atoms with Gasteiger partial charge in [0.15, 0.2) is 0 Å². The molecule has 1 aliphatic rings. The standard InChI is InChI=1S/C18H16N2O4S/c1-12-10-13(18(23)24-20-16(21)7-8-17(20)22)5-6-14(12)11-25-15-4-2-3-9-19-15/h2-6,9-10H,7-8,11H2,1H3. The molecule has 0 saturated carbocycles. The van der Waals surface area contributed by atoms with E-state index in [9.17, 15) is 14.4 Å². The van der Waals surface area contributed by atoms with Crippen LogP contribution < -0.4 is 0 Å². The lowest BCUT2D eigenvalue weighted by Gasteiger charge is -2.13. The van der Waals surface area contributed by atoms with Gasteiger partial charge in [-0.2, -0.15) is 0 Å². The van der Waals surface area contributed by atoms with Gasteiger partial charge in [-0.25, -0.2) is 9.78 Å². The molecule has 0 spiro atoms. The van der Waals surface area contributed by atoms with Gasteiger partial charge in [-0.3, -0.25) is 9.59 Å². The zero-order valence-electron chi connectivity index (χ0n) is 13.6. The Morgan fingerprint density at radius 2 is 1.96 bits per heavy atom. The lowest BCUT2D eigenvalue weighted by molar-refractivity contribution is -0.172. The Morgan fingerprint density at radius 1 is 1.20 bits per heavy atom. The highest BCUT2D eigenvalue weighted by atomic mass is 32.2. The Bertz CT molecular complexity index is 807. The molecule has 0 atom stereocenters. The van der Waals surface area contributed by atoms with Gasteiger partial charge in [0.1, 0.15) is 0 Å². The van der Waals surface area contributed by atoms with Crippen LogP contribution >= 0.6 is 11.8 Å². The van der Waals surface area contributed by atoms with Gasteiger partial charge in [0.25, 0.3) is 11.8 Å². The second-order valence-electron chi connectivity index (χ2n) is 5.56. The molecule has 1 fully saturated rings. The number of aryl methyl sites for hydroxylation is 1. The number of pyridine rings is 1. The first-order chi connectivity index (χ1) is 12.0. The summed E-state index contributed by atoms with van der Waals surface area (Å²) in [6.07, 6.45) is 1.90. The molecule has 0 aliphatic carbocycles. The summed E-state index contributed by atoms with van der Waals surface area (Å²) in [4.78, 5) is 44.4. The number of amides is 2. The number of carbonyl (C=O) groups excluding carboxylic acids is 3. The zero-order chi connectivity index (χ0) is 17.8. The molecule has 1 saturated heterocycles. The van der Waals surface area contributed by atoms with Crippen LogP contribution in [0.3, 0.4) is 0 Å². The molecule has 128 valence electrons. The van der Waals surface area contributed by atoms with Crippen LogP contribution in [-0.4, -0.2) is 27.8 Å². The first-order valence-electron chi connectivity index (χ1n) is 7.76. The minimum absolute atomic E-state index is 0.0782. The van der Waals surface area contributed by atoms with Gasteiger partial charge in [-0.15, -0.1) is 16.8 Å². The molecule has 1 aliphatic heterocycles. The maximum absolute atomic E-state index is 12.2. The molecule has 0 N–H and O–H groups in total. The Kier molecular flexibility index (Phi) is 5.14. The van der Waals surface area contributed by atoms with Crippen molar-refractivity contribution in [2.75, 3.05) is 0 Å². The molecule has 7 heteroatoms. The topological polar surface area (TPSA) is 76.6 Å². The van der Waals surface area contributed by atoms with Gasteiger partial charge in [0.2, 0.25) is 0 Å². The highest BCUT2D eigenvalue weighted by Gasteiger charge is 2.33. The summed E-state index contributed by atoms with van der Waals surface area (Å²) in [6.45, 7) is 1.90. The smallest absolute Gasteiger partial charge is 0.325 e. The van der Waals surface area contributed by atoms with Gasteiger partial charge < -0.3 is 4.84 Å². The van der Waals surface area contributed by atoms with Crippen LogP contribution in [-0.2, 0) is 20.2 Å². The van der Waals surface area contributed by atoms with E-state index in [0.717, 1.165) is 21.9 Å². The van der Waals surface area contributed by atoms with Crippen molar-refractivity contribution >= 4 is 29.5 Å². The second-order valence-corrected chi connectivity index (χ2v) is 6.55. The van der Waals surface area contributed by atoms with Crippen LogP contribution in [0.1, 0.15) is 34.3 Å². The molecule has 25 heavy (non-hydrogen) atoms. The maximum Gasteiger partial charge on any atom is 0.363 e. The van der Waals surface area contributed by atoms with Crippen molar-refractivity contribution in [1.82, 2.24) is 10.0 Å². The lowest BCUT2D eigenvalue weighted by atomic mass is 10.1. The van der Waals surface area contributed by atoms with Crippen LogP contribution in [0, 0.1) is 6.92 Å². The van der Waals surface area contributed by atoms with E-state index in [1.165, 1.54) is 0 Å². The number of nitrogens with zero attached hydrogens (tertiary/aromatic N) is 2. The molecule has 0 radical (unpaired) electrons. The normalized spacial score (nSPS) is 14.0. The summed E-state index contributed by atoms with van der Waals surface area (Å²) >= 11 is 1.60. The van der Waals surface area contributed by atoms with Crippen molar-refractivity contribution in [2.24, 2.45) is 0 Å². The maximum atomic E-state index is 12.2. The predicted molar refractivity (Wildman–Crippen MR) is 91.5 cm³/mol. The van der Waals surface area contributed by atoms with E-state index in [1.807, 2.05) is 31.2 Å². The molecule has 2 aromatic rings. The number of benzene rings is 1. The van der Waals surface area contributed by atoms with Crippen molar-refractivity contribution in [3.05, 3.63) is 59.3 Å². The van der Waals surface area contributed by atoms with E-state index in [-0.39, 0.29) is 12.8 Å². The van der Waals surface area contributed by atoms with E-state index >= 15 is 0 Å². The molecule has 0 unspecified atom stereocenters. The minimum atomic E-state index is -0.712. The zero-order valence-corrected chi connectivity index (χ0v) is 14.4. The van der Waals surface area contributed by atoms with Crippen LogP contribution in [0.4, 0.5) is 0 Å². The summed E-state index contributed by atoms with van der Waals surface area (Å²) in [5.41, 5.74) is 2.30. The molecular weight excluding hydrogens is 340 g/mol. The number of rotatable bonds is 5. The van der Waals surface area contributed by atoms with Crippen molar-refractivity contribution in [1.29, 1.82) is 0 Å². The number of thioether (sulfide) groups is 1. The Balaban J connectivity index is 1.65. The highest BCUT2D eigenvalue weighted by Crippen LogP contribution is 2.23. The molecule has 0 bridgehead atoms. The SMILES string of the molecule is Cc1cc(C(=O)ON2C(=O)CCC2=O)ccc1CSc1ccccn1. The van der Waals surface area contributed by atoms with Gasteiger partial charge in [-0.1, -0.05) is 12.1 Å². The van der Waals surface area contributed by atoms with E-state index < -0.39 is 17.8 Å². The number of hydrogen-bond acceptors (Lipinski definition) is 6. The fourth-order valence-electron chi connectivity index (χ4n) is 2.36. The lowest BCUT2D eigenvalue weighted by Crippen LogP contribution is -2.32. The fourth-order valence-corrected chi connectivity index (χ4v) is 3.30. The number of hydrogen-bond donors (Lipinski definition) is 0. The first kappa shape index (κ1) is 17.2. The first-order valence-corrected chi connectivity index (χ1v) is 8.74. The van der Waals surface area contributed by atoms with Crippen molar-refractivity contribution in [3.63, 3.8) is 0 Å². The monoisotopic (exact) mass is 356 g/mol. The van der Waals surface area contributed by atoms with Gasteiger partial charge >= 0.3 is 5.97 Å². The second kappa shape index (κ2) is 7.48. The third-order valence-electron chi connectivity index (χ3n) is 3.77. The molecular formula is C18H16N2O4S. The van der Waals surface area contributed by atoms with Gasteiger partial charge in [0, 0.05) is 24.8 Å². The molecule has 3 rings (SSSR count). The van der Waals surface area contributed by atoms with Gasteiger partial charge in [-0.05, 0) is 42.3 Å². The average Bonchev–Trinajstić information content (AvgIpc) is 2.93. The van der Waals surface area contributed by atoms with Gasteiger partial charge in [0.05, 0.1) is 10.6 Å². The van der Waals surface area contributed by atoms with Crippen LogP contribution in [0.5, 0.6) is 0 Å². The number of hydroxylamine groups is 2. The molecule has 2 amide bonds. The van der Waals surface area contributed by atoms with Crippen LogP contribution in [0.25, 0.3) is 0 Å². The summed E-state index contributed by atoms with van der Waals surface area (Å²) in [6, 6.07) is 10.9. The quantitative estimate of drug-likeness (QED) is 0.606. The van der Waals surface area contributed by atoms with Crippen molar-refractivity contribution < 1.29 is 19.2 Å². The highest BCUT2D eigenvalue weighted by molar-refractivity contribution is 7.98. The summed E-state index contributed by atoms with van der Waals surface area (Å²) in [5, 5.41) is 1.49. The van der Waals surface area contributed by atoms with E-state index in [0.29, 0.717) is 10.6 Å². The molecule has 1 aromatic carbocycles. The summed E-state index contributed by atoms with van der Waals surface area (Å²) in [7, 11) is 0. The fraction of sp³-hybridized carbons (Fsp3) is 0.222. The third kappa shape index (κ3) is 4.06. The Labute approximate surface area is 149 Å². The average molecular weight is 356 g/mol. The molecule has 1 aromatic heterocycles. The van der Waals surface area contributed by atoms with Crippen molar-refractivity contribution in [2.45, 2.75) is 30.5 Å². The molecule has 6 nitrogen and oxygen atoms in total. The largest absolute Gasteiger partial charge is 0.363 e. The van der Waals surface area contributed by atoms with E-state index in [1.54, 1.807) is 30.1 Å². The Hall–Kier alpha value is -2.67. The summed E-state index contributed by atoms with van der Waals surface area (Å²) < 4.78 is 0. The molecule has 2 heterocycles. The third-order valence-corrected chi connectivity index (χ3v) is 4.76. The predicted octanol–water partition coefficient (Wildman–Crippen LogP) is 2.90. The van der Waals surface area contributed by atoms with Crippen LogP contribution in [0.2, 0.25) is 0 Å². The van der Waals surface area contributed by atoms with Crippen LogP contribution in [0.15, 0.2) is 47.6 Å². The van der Waals surface area contributed by atoms with E-state index in [2.05, 4.69) is 4.98 Å². The number of aromatic nitrogens is 1. The Morgan fingerprint density at radius 3 is 2.60 bits per heavy atom. The minimum Gasteiger partial charge on any atom is -0.325 e. The number of carbonyl (C=O) groups is 3. The van der Waals surface area contributed by atoms with Crippen molar-refractivity contribution in [3.8, 4) is 0 Å².